The third-order valence-electron chi connectivity index (χ3n) is 5.28. The number of carbonyl (C=O) groups is 2. The summed E-state index contributed by atoms with van der Waals surface area (Å²) in [6.45, 7) is 6.00. The van der Waals surface area contributed by atoms with Crippen molar-refractivity contribution >= 4 is 29.4 Å². The standard InChI is InChI=1S/C20H22N6O2S/c1-20(2)14(11-21)18(28)24-19(15(20)12-22)29-13-17(27)26-9-7-25(8-10-26)16-5-3-4-6-23-16/h3-6,14H,7-10,13H2,1-2H3,(H,24,28)/t14-/m1/s1. The highest BCUT2D eigenvalue weighted by Crippen LogP contribution is 2.41. The summed E-state index contributed by atoms with van der Waals surface area (Å²) in [5, 5.41) is 21.8. The first-order valence-corrected chi connectivity index (χ1v) is 10.3. The normalized spacial score (nSPS) is 21.2. The molecule has 1 fully saturated rings. The Morgan fingerprint density at radius 1 is 1.31 bits per heavy atom. The van der Waals surface area contributed by atoms with Gasteiger partial charge in [-0.15, -0.1) is 0 Å². The first-order valence-electron chi connectivity index (χ1n) is 9.30. The van der Waals surface area contributed by atoms with Gasteiger partial charge >= 0.3 is 0 Å². The van der Waals surface area contributed by atoms with Crippen LogP contribution in [0.1, 0.15) is 13.8 Å². The third kappa shape index (κ3) is 4.20. The lowest BCUT2D eigenvalue weighted by atomic mass is 9.72. The summed E-state index contributed by atoms with van der Waals surface area (Å²) >= 11 is 1.15. The van der Waals surface area contributed by atoms with Crippen LogP contribution in [0.25, 0.3) is 0 Å². The van der Waals surface area contributed by atoms with Gasteiger partial charge in [-0.2, -0.15) is 10.5 Å². The number of thioether (sulfide) groups is 1. The van der Waals surface area contributed by atoms with Crippen molar-refractivity contribution in [3.63, 3.8) is 0 Å². The Hall–Kier alpha value is -3.04. The molecule has 3 rings (SSSR count). The number of aromatic nitrogens is 1. The van der Waals surface area contributed by atoms with E-state index < -0.39 is 17.2 Å². The number of nitrogens with one attached hydrogen (secondary N) is 1. The fourth-order valence-corrected chi connectivity index (χ4v) is 4.56. The fraction of sp³-hybridized carbons (Fsp3) is 0.450. The maximum Gasteiger partial charge on any atom is 0.243 e. The molecular weight excluding hydrogens is 388 g/mol. The van der Waals surface area contributed by atoms with Crippen LogP contribution in [-0.4, -0.2) is 53.6 Å². The number of allylic oxidation sites excluding steroid dienone is 1. The molecule has 1 atom stereocenters. The molecule has 2 amide bonds. The van der Waals surface area contributed by atoms with Crippen LogP contribution in [0.2, 0.25) is 0 Å². The highest BCUT2D eigenvalue weighted by molar-refractivity contribution is 8.03. The van der Waals surface area contributed by atoms with Crippen molar-refractivity contribution in [1.29, 1.82) is 10.5 Å². The summed E-state index contributed by atoms with van der Waals surface area (Å²) in [6.07, 6.45) is 1.75. The van der Waals surface area contributed by atoms with E-state index in [1.165, 1.54) is 0 Å². The zero-order chi connectivity index (χ0) is 21.0. The van der Waals surface area contributed by atoms with Crippen LogP contribution in [0.5, 0.6) is 0 Å². The zero-order valence-electron chi connectivity index (χ0n) is 16.4. The van der Waals surface area contributed by atoms with Crippen LogP contribution in [0.4, 0.5) is 5.82 Å². The summed E-state index contributed by atoms with van der Waals surface area (Å²) in [5.41, 5.74) is -0.563. The van der Waals surface area contributed by atoms with Crippen LogP contribution in [0.3, 0.4) is 0 Å². The quantitative estimate of drug-likeness (QED) is 0.800. The Labute approximate surface area is 174 Å². The van der Waals surface area contributed by atoms with Crippen LogP contribution >= 0.6 is 11.8 Å². The summed E-state index contributed by atoms with van der Waals surface area (Å²) in [4.78, 5) is 33.1. The molecule has 2 aliphatic rings. The summed E-state index contributed by atoms with van der Waals surface area (Å²) in [5.74, 6) is -0.392. The Morgan fingerprint density at radius 3 is 2.62 bits per heavy atom. The average molecular weight is 411 g/mol. The summed E-state index contributed by atoms with van der Waals surface area (Å²) < 4.78 is 0. The van der Waals surface area contributed by atoms with Gasteiger partial charge in [0, 0.05) is 37.8 Å². The topological polar surface area (TPSA) is 113 Å². The van der Waals surface area contributed by atoms with Gasteiger partial charge in [0.2, 0.25) is 11.8 Å². The van der Waals surface area contributed by atoms with Crippen molar-refractivity contribution in [2.24, 2.45) is 11.3 Å². The lowest BCUT2D eigenvalue weighted by Gasteiger charge is -2.36. The number of nitriles is 2. The van der Waals surface area contributed by atoms with E-state index >= 15 is 0 Å². The van der Waals surface area contributed by atoms with Crippen LogP contribution in [0, 0.1) is 34.0 Å². The predicted octanol–water partition coefficient (Wildman–Crippen LogP) is 1.49. The van der Waals surface area contributed by atoms with Gasteiger partial charge in [-0.3, -0.25) is 9.59 Å². The molecule has 0 aliphatic carbocycles. The fourth-order valence-electron chi connectivity index (χ4n) is 3.49. The van der Waals surface area contributed by atoms with Gasteiger partial charge < -0.3 is 15.1 Å². The second kappa shape index (κ2) is 8.54. The minimum absolute atomic E-state index is 0.0464. The average Bonchev–Trinajstić information content (AvgIpc) is 2.72. The summed E-state index contributed by atoms with van der Waals surface area (Å²) in [6, 6.07) is 9.84. The maximum atomic E-state index is 12.6. The van der Waals surface area contributed by atoms with Crippen molar-refractivity contribution < 1.29 is 9.59 Å². The monoisotopic (exact) mass is 410 g/mol. The molecular formula is C20H22N6O2S. The van der Waals surface area contributed by atoms with E-state index in [1.54, 1.807) is 24.9 Å². The number of hydrogen-bond acceptors (Lipinski definition) is 7. The number of pyridine rings is 1. The van der Waals surface area contributed by atoms with Gasteiger partial charge in [0.05, 0.1) is 28.5 Å². The van der Waals surface area contributed by atoms with E-state index in [2.05, 4.69) is 21.3 Å². The Bertz CT molecular complexity index is 907. The molecule has 1 aromatic heterocycles. The minimum Gasteiger partial charge on any atom is -0.353 e. The SMILES string of the molecule is CC1(C)C(C#N)=C(SCC(=O)N2CCN(c3ccccn3)CC2)NC(=O)[C@H]1C#N. The number of anilines is 1. The summed E-state index contributed by atoms with van der Waals surface area (Å²) in [7, 11) is 0. The second-order valence-electron chi connectivity index (χ2n) is 7.43. The van der Waals surface area contributed by atoms with Crippen LogP contribution in [-0.2, 0) is 9.59 Å². The first-order chi connectivity index (χ1) is 13.9. The van der Waals surface area contributed by atoms with Crippen molar-refractivity contribution in [3.8, 4) is 12.1 Å². The van der Waals surface area contributed by atoms with Gasteiger partial charge in [0.25, 0.3) is 0 Å². The molecule has 0 radical (unpaired) electrons. The minimum atomic E-state index is -0.933. The molecule has 150 valence electrons. The van der Waals surface area contributed by atoms with Crippen molar-refractivity contribution in [2.75, 3.05) is 36.8 Å². The van der Waals surface area contributed by atoms with E-state index in [0.717, 1.165) is 17.6 Å². The van der Waals surface area contributed by atoms with E-state index in [9.17, 15) is 20.1 Å². The molecule has 0 unspecified atom stereocenters. The zero-order valence-corrected chi connectivity index (χ0v) is 17.2. The molecule has 1 N–H and O–H groups in total. The van der Waals surface area contributed by atoms with Gasteiger partial charge in [-0.1, -0.05) is 31.7 Å². The Balaban J connectivity index is 1.61. The number of hydrogen-bond donors (Lipinski definition) is 1. The Kier molecular flexibility index (Phi) is 6.09. The molecule has 1 saturated heterocycles. The number of piperazine rings is 1. The van der Waals surface area contributed by atoms with Gasteiger partial charge in [-0.05, 0) is 12.1 Å². The van der Waals surface area contributed by atoms with Crippen molar-refractivity contribution in [3.05, 3.63) is 35.0 Å². The molecule has 2 aliphatic heterocycles. The Morgan fingerprint density at radius 2 is 2.03 bits per heavy atom. The molecule has 9 heteroatoms. The van der Waals surface area contributed by atoms with Crippen molar-refractivity contribution in [1.82, 2.24) is 15.2 Å². The largest absolute Gasteiger partial charge is 0.353 e. The third-order valence-corrected chi connectivity index (χ3v) is 6.26. The maximum absolute atomic E-state index is 12.6. The van der Waals surface area contributed by atoms with E-state index in [1.807, 2.05) is 24.3 Å². The highest BCUT2D eigenvalue weighted by Gasteiger charge is 2.44. The lowest BCUT2D eigenvalue weighted by Crippen LogP contribution is -2.49. The number of rotatable bonds is 4. The molecule has 0 aromatic carbocycles. The van der Waals surface area contributed by atoms with E-state index in [0.29, 0.717) is 36.8 Å². The second-order valence-corrected chi connectivity index (χ2v) is 8.42. The lowest BCUT2D eigenvalue weighted by molar-refractivity contribution is -0.128. The molecule has 0 bridgehead atoms. The predicted molar refractivity (Wildman–Crippen MR) is 109 cm³/mol. The van der Waals surface area contributed by atoms with Crippen LogP contribution in [0.15, 0.2) is 35.0 Å². The molecule has 0 saturated carbocycles. The van der Waals surface area contributed by atoms with E-state index in [4.69, 9.17) is 0 Å². The highest BCUT2D eigenvalue weighted by atomic mass is 32.2. The van der Waals surface area contributed by atoms with Gasteiger partial charge in [-0.25, -0.2) is 4.98 Å². The molecule has 0 spiro atoms. The molecule has 29 heavy (non-hydrogen) atoms. The van der Waals surface area contributed by atoms with Crippen molar-refractivity contribution in [2.45, 2.75) is 13.8 Å². The number of nitrogens with zero attached hydrogens (tertiary/aromatic N) is 5. The molecule has 8 nitrogen and oxygen atoms in total. The number of carbonyl (C=O) groups excluding carboxylic acids is 2. The van der Waals surface area contributed by atoms with Crippen LogP contribution < -0.4 is 10.2 Å². The number of amides is 2. The van der Waals surface area contributed by atoms with Gasteiger partial charge in [0.1, 0.15) is 11.7 Å². The molecule has 3 heterocycles. The smallest absolute Gasteiger partial charge is 0.243 e. The van der Waals surface area contributed by atoms with Gasteiger partial charge in [0.15, 0.2) is 0 Å². The molecule has 1 aromatic rings. The first kappa shape index (κ1) is 20.7. The van der Waals surface area contributed by atoms with E-state index in [-0.39, 0.29) is 11.7 Å².